The van der Waals surface area contributed by atoms with Crippen molar-refractivity contribution in [1.82, 2.24) is 16.0 Å². The highest BCUT2D eigenvalue weighted by Crippen LogP contribution is 1.81. The lowest BCUT2D eigenvalue weighted by atomic mass is 10.3. The van der Waals surface area contributed by atoms with Crippen molar-refractivity contribution in [3.05, 3.63) is 6.92 Å². The van der Waals surface area contributed by atoms with E-state index in [1.54, 1.807) is 0 Å². The standard InChI is InChI=1S/C7H16N3/c1-2-3-9-7-6-8-4-5-10-7/h7-10H,1-6H2. The Kier molecular flexibility index (Phi) is 3.72. The lowest BCUT2D eigenvalue weighted by Crippen LogP contribution is -2.55. The summed E-state index contributed by atoms with van der Waals surface area (Å²) >= 11 is 0. The third-order valence-corrected chi connectivity index (χ3v) is 1.61. The highest BCUT2D eigenvalue weighted by molar-refractivity contribution is 4.72. The lowest BCUT2D eigenvalue weighted by molar-refractivity contribution is 0.363. The third kappa shape index (κ3) is 2.64. The first kappa shape index (κ1) is 7.98. The fraction of sp³-hybridized carbons (Fsp3) is 0.857. The molecular formula is C7H16N3. The van der Waals surface area contributed by atoms with Gasteiger partial charge in [-0.25, -0.2) is 0 Å². The Morgan fingerprint density at radius 3 is 3.00 bits per heavy atom. The molecule has 0 aromatic heterocycles. The van der Waals surface area contributed by atoms with E-state index < -0.39 is 0 Å². The normalized spacial score (nSPS) is 26.7. The first-order valence-corrected chi connectivity index (χ1v) is 3.90. The van der Waals surface area contributed by atoms with E-state index in [-0.39, 0.29) is 0 Å². The van der Waals surface area contributed by atoms with E-state index in [0.29, 0.717) is 6.17 Å². The molecule has 1 aliphatic heterocycles. The molecule has 1 fully saturated rings. The van der Waals surface area contributed by atoms with Gasteiger partial charge in [-0.1, -0.05) is 6.92 Å². The van der Waals surface area contributed by atoms with Gasteiger partial charge in [-0.05, 0) is 13.0 Å². The highest BCUT2D eigenvalue weighted by atomic mass is 15.2. The van der Waals surface area contributed by atoms with Crippen molar-refractivity contribution >= 4 is 0 Å². The van der Waals surface area contributed by atoms with Gasteiger partial charge < -0.3 is 10.6 Å². The lowest BCUT2D eigenvalue weighted by Gasteiger charge is -2.25. The molecule has 0 amide bonds. The summed E-state index contributed by atoms with van der Waals surface area (Å²) in [4.78, 5) is 0. The summed E-state index contributed by atoms with van der Waals surface area (Å²) in [7, 11) is 0. The summed E-state index contributed by atoms with van der Waals surface area (Å²) in [5, 5.41) is 9.99. The second-order valence-electron chi connectivity index (χ2n) is 2.52. The van der Waals surface area contributed by atoms with Crippen molar-refractivity contribution in [2.45, 2.75) is 12.6 Å². The highest BCUT2D eigenvalue weighted by Gasteiger charge is 2.08. The smallest absolute Gasteiger partial charge is 0.0700 e. The van der Waals surface area contributed by atoms with Crippen LogP contribution in [-0.2, 0) is 0 Å². The molecule has 0 aromatic carbocycles. The minimum Gasteiger partial charge on any atom is -0.313 e. The molecule has 1 unspecified atom stereocenters. The molecular weight excluding hydrogens is 126 g/mol. The largest absolute Gasteiger partial charge is 0.313 e. The predicted molar refractivity (Wildman–Crippen MR) is 42.6 cm³/mol. The minimum atomic E-state index is 0.454. The summed E-state index contributed by atoms with van der Waals surface area (Å²) in [5.74, 6) is 0. The first-order chi connectivity index (χ1) is 4.93. The summed E-state index contributed by atoms with van der Waals surface area (Å²) in [6.07, 6.45) is 1.41. The van der Waals surface area contributed by atoms with Crippen molar-refractivity contribution in [2.24, 2.45) is 0 Å². The van der Waals surface area contributed by atoms with E-state index in [9.17, 15) is 0 Å². The van der Waals surface area contributed by atoms with Crippen LogP contribution in [0.15, 0.2) is 0 Å². The van der Waals surface area contributed by atoms with Crippen LogP contribution in [0.2, 0.25) is 0 Å². The van der Waals surface area contributed by atoms with Crippen LogP contribution in [0.1, 0.15) is 6.42 Å². The Morgan fingerprint density at radius 1 is 1.50 bits per heavy atom. The maximum Gasteiger partial charge on any atom is 0.0700 e. The molecule has 3 N–H and O–H groups in total. The quantitative estimate of drug-likeness (QED) is 0.488. The second kappa shape index (κ2) is 4.66. The molecule has 10 heavy (non-hydrogen) atoms. The Morgan fingerprint density at radius 2 is 2.40 bits per heavy atom. The van der Waals surface area contributed by atoms with Crippen molar-refractivity contribution in [1.29, 1.82) is 0 Å². The van der Waals surface area contributed by atoms with Crippen LogP contribution >= 0.6 is 0 Å². The van der Waals surface area contributed by atoms with E-state index >= 15 is 0 Å². The van der Waals surface area contributed by atoms with Gasteiger partial charge in [0.2, 0.25) is 0 Å². The Labute approximate surface area is 62.6 Å². The molecule has 3 nitrogen and oxygen atoms in total. The van der Waals surface area contributed by atoms with Crippen LogP contribution in [0.4, 0.5) is 0 Å². The van der Waals surface area contributed by atoms with Gasteiger partial charge >= 0.3 is 0 Å². The fourth-order valence-electron chi connectivity index (χ4n) is 1.07. The van der Waals surface area contributed by atoms with Crippen molar-refractivity contribution in [3.8, 4) is 0 Å². The van der Waals surface area contributed by atoms with Crippen molar-refractivity contribution < 1.29 is 0 Å². The maximum absolute atomic E-state index is 3.76. The zero-order valence-corrected chi connectivity index (χ0v) is 6.32. The average Bonchev–Trinajstić information content (AvgIpc) is 2.03. The molecule has 0 saturated carbocycles. The SMILES string of the molecule is [CH2]CCNC1CNCCN1. The van der Waals surface area contributed by atoms with Crippen LogP contribution in [-0.4, -0.2) is 32.3 Å². The van der Waals surface area contributed by atoms with E-state index in [1.165, 1.54) is 0 Å². The summed E-state index contributed by atoms with van der Waals surface area (Å²) < 4.78 is 0. The molecule has 0 bridgehead atoms. The van der Waals surface area contributed by atoms with Crippen LogP contribution in [0, 0.1) is 6.92 Å². The molecule has 1 atom stereocenters. The number of nitrogens with one attached hydrogen (secondary N) is 3. The molecule has 3 heteroatoms. The van der Waals surface area contributed by atoms with Gasteiger partial charge in [-0.2, -0.15) is 0 Å². The number of rotatable bonds is 3. The zero-order valence-electron chi connectivity index (χ0n) is 6.32. The van der Waals surface area contributed by atoms with Gasteiger partial charge in [0.05, 0.1) is 6.17 Å². The fourth-order valence-corrected chi connectivity index (χ4v) is 1.07. The summed E-state index contributed by atoms with van der Waals surface area (Å²) in [6.45, 7) is 7.94. The molecule has 1 saturated heterocycles. The van der Waals surface area contributed by atoms with E-state index in [4.69, 9.17) is 0 Å². The van der Waals surface area contributed by atoms with E-state index in [1.807, 2.05) is 0 Å². The molecule has 0 aromatic rings. The van der Waals surface area contributed by atoms with Gasteiger partial charge in [-0.15, -0.1) is 0 Å². The Bertz CT molecular complexity index is 78.9. The van der Waals surface area contributed by atoms with E-state index in [2.05, 4.69) is 22.9 Å². The van der Waals surface area contributed by atoms with Gasteiger partial charge in [0.15, 0.2) is 0 Å². The van der Waals surface area contributed by atoms with Crippen LogP contribution in [0.25, 0.3) is 0 Å². The molecule has 1 heterocycles. The monoisotopic (exact) mass is 142 g/mol. The average molecular weight is 142 g/mol. The van der Waals surface area contributed by atoms with Gasteiger partial charge in [0.1, 0.15) is 0 Å². The van der Waals surface area contributed by atoms with Gasteiger partial charge in [0, 0.05) is 19.6 Å². The summed E-state index contributed by atoms with van der Waals surface area (Å²) in [5.41, 5.74) is 0. The summed E-state index contributed by atoms with van der Waals surface area (Å²) in [6, 6.07) is 0. The second-order valence-corrected chi connectivity index (χ2v) is 2.52. The van der Waals surface area contributed by atoms with Crippen molar-refractivity contribution in [2.75, 3.05) is 26.2 Å². The Hall–Kier alpha value is -0.120. The maximum atomic E-state index is 3.76. The van der Waals surface area contributed by atoms with E-state index in [0.717, 1.165) is 32.6 Å². The predicted octanol–water partition coefficient (Wildman–Crippen LogP) is -0.681. The topological polar surface area (TPSA) is 36.1 Å². The molecule has 0 spiro atoms. The van der Waals surface area contributed by atoms with Gasteiger partial charge in [0.25, 0.3) is 0 Å². The van der Waals surface area contributed by atoms with Crippen LogP contribution < -0.4 is 16.0 Å². The molecule has 59 valence electrons. The molecule has 0 aliphatic carbocycles. The molecule has 1 aliphatic rings. The third-order valence-electron chi connectivity index (χ3n) is 1.61. The zero-order chi connectivity index (χ0) is 7.23. The van der Waals surface area contributed by atoms with Crippen LogP contribution in [0.3, 0.4) is 0 Å². The first-order valence-electron chi connectivity index (χ1n) is 3.90. The minimum absolute atomic E-state index is 0.454. The van der Waals surface area contributed by atoms with Gasteiger partial charge in [-0.3, -0.25) is 5.32 Å². The number of hydrogen-bond donors (Lipinski definition) is 3. The van der Waals surface area contributed by atoms with Crippen LogP contribution in [0.5, 0.6) is 0 Å². The molecule has 1 radical (unpaired) electrons. The van der Waals surface area contributed by atoms with Crippen molar-refractivity contribution in [3.63, 3.8) is 0 Å². The number of piperazine rings is 1. The number of hydrogen-bond acceptors (Lipinski definition) is 3. The molecule has 1 rings (SSSR count). The Balaban J connectivity index is 2.02.